The quantitative estimate of drug-likeness (QED) is 0.516. The Morgan fingerprint density at radius 2 is 1.88 bits per heavy atom. The number of carbonyl (C=O) groups is 1. The van der Waals surface area contributed by atoms with E-state index in [0.717, 1.165) is 12.1 Å². The zero-order valence-corrected chi connectivity index (χ0v) is 18.9. The molecule has 7 nitrogen and oxygen atoms in total. The van der Waals surface area contributed by atoms with Crippen molar-refractivity contribution in [3.05, 3.63) is 88.5 Å². The Morgan fingerprint density at radius 1 is 1.15 bits per heavy atom. The monoisotopic (exact) mass is 490 g/mol. The Morgan fingerprint density at radius 3 is 2.58 bits per heavy atom. The number of aromatic carboxylic acids is 1. The van der Waals surface area contributed by atoms with Crippen LogP contribution in [0.1, 0.15) is 40.6 Å². The van der Waals surface area contributed by atoms with E-state index in [9.17, 15) is 22.7 Å². The molecule has 1 unspecified atom stereocenters. The van der Waals surface area contributed by atoms with Crippen LogP contribution in [0.25, 0.3) is 0 Å². The summed E-state index contributed by atoms with van der Waals surface area (Å²) >= 11 is 6.11. The smallest absolute Gasteiger partial charge is 0.337 e. The Balaban J connectivity index is 1.65. The molecule has 10 heteroatoms. The molecule has 4 rings (SSSR count). The van der Waals surface area contributed by atoms with E-state index in [-0.39, 0.29) is 29.3 Å². The minimum Gasteiger partial charge on any atom is -0.486 e. The third-order valence-corrected chi connectivity index (χ3v) is 7.63. The maximum Gasteiger partial charge on any atom is 0.337 e. The van der Waals surface area contributed by atoms with Gasteiger partial charge in [0.1, 0.15) is 18.2 Å². The number of carboxylic acid groups (broad SMARTS) is 1. The predicted molar refractivity (Wildman–Crippen MR) is 119 cm³/mol. The van der Waals surface area contributed by atoms with E-state index in [2.05, 4.69) is 4.98 Å². The van der Waals surface area contributed by atoms with Gasteiger partial charge in [-0.2, -0.15) is 4.31 Å². The summed E-state index contributed by atoms with van der Waals surface area (Å²) in [5, 5.41) is 9.94. The zero-order chi connectivity index (χ0) is 23.6. The summed E-state index contributed by atoms with van der Waals surface area (Å²) in [5.41, 5.74) is 0.531. The summed E-state index contributed by atoms with van der Waals surface area (Å²) in [6.45, 7) is 0.120. The first kappa shape index (κ1) is 23.2. The number of aromatic nitrogens is 1. The Labute approximate surface area is 195 Å². The fourth-order valence-corrected chi connectivity index (χ4v) is 5.64. The van der Waals surface area contributed by atoms with E-state index in [1.165, 1.54) is 28.6 Å². The van der Waals surface area contributed by atoms with E-state index >= 15 is 0 Å². The van der Waals surface area contributed by atoms with Gasteiger partial charge in [0.15, 0.2) is 0 Å². The topological polar surface area (TPSA) is 96.8 Å². The van der Waals surface area contributed by atoms with Crippen molar-refractivity contribution in [1.29, 1.82) is 0 Å². The zero-order valence-electron chi connectivity index (χ0n) is 17.3. The number of sulfonamides is 1. The van der Waals surface area contributed by atoms with Gasteiger partial charge in [-0.3, -0.25) is 4.98 Å². The number of nitrogens with zero attached hydrogens (tertiary/aromatic N) is 2. The van der Waals surface area contributed by atoms with Crippen molar-refractivity contribution in [3.63, 3.8) is 0 Å². The number of pyridine rings is 1. The van der Waals surface area contributed by atoms with Gasteiger partial charge in [-0.05, 0) is 61.4 Å². The highest BCUT2D eigenvalue weighted by Gasteiger charge is 2.37. The molecular formula is C23H20ClFN2O5S. The maximum absolute atomic E-state index is 13.3. The predicted octanol–water partition coefficient (Wildman–Crippen LogP) is 4.68. The first-order valence-electron chi connectivity index (χ1n) is 10.2. The average Bonchev–Trinajstić information content (AvgIpc) is 3.29. The molecule has 2 heterocycles. The van der Waals surface area contributed by atoms with Crippen molar-refractivity contribution >= 4 is 27.6 Å². The van der Waals surface area contributed by atoms with Crippen LogP contribution in [0.4, 0.5) is 4.39 Å². The molecule has 2 aromatic carbocycles. The lowest BCUT2D eigenvalue weighted by molar-refractivity contribution is 0.0693. The lowest BCUT2D eigenvalue weighted by atomic mass is 10.1. The number of hydrogen-bond donors (Lipinski definition) is 1. The molecule has 0 spiro atoms. The third-order valence-electron chi connectivity index (χ3n) is 5.39. The number of rotatable bonds is 7. The van der Waals surface area contributed by atoms with Gasteiger partial charge in [0.25, 0.3) is 0 Å². The van der Waals surface area contributed by atoms with E-state index in [1.807, 2.05) is 0 Å². The fourth-order valence-electron chi connectivity index (χ4n) is 3.78. The highest BCUT2D eigenvalue weighted by atomic mass is 35.5. The second-order valence-corrected chi connectivity index (χ2v) is 9.78. The molecule has 0 amide bonds. The highest BCUT2D eigenvalue weighted by Crippen LogP contribution is 2.36. The summed E-state index contributed by atoms with van der Waals surface area (Å²) in [6.07, 6.45) is 1.13. The second kappa shape index (κ2) is 9.46. The summed E-state index contributed by atoms with van der Waals surface area (Å²) in [7, 11) is -3.89. The van der Waals surface area contributed by atoms with Crippen molar-refractivity contribution < 1.29 is 27.4 Å². The number of halogens is 2. The Hall–Kier alpha value is -3.01. The summed E-state index contributed by atoms with van der Waals surface area (Å²) in [6, 6.07) is 13.8. The van der Waals surface area contributed by atoms with Crippen LogP contribution >= 0.6 is 11.6 Å². The molecule has 172 valence electrons. The van der Waals surface area contributed by atoms with Gasteiger partial charge in [-0.25, -0.2) is 17.6 Å². The van der Waals surface area contributed by atoms with E-state index < -0.39 is 27.9 Å². The van der Waals surface area contributed by atoms with Crippen LogP contribution in [0.5, 0.6) is 5.75 Å². The Kier molecular flexibility index (Phi) is 6.64. The van der Waals surface area contributed by atoms with Gasteiger partial charge < -0.3 is 9.84 Å². The molecule has 1 aromatic heterocycles. The second-order valence-electron chi connectivity index (χ2n) is 7.48. The number of carboxylic acids is 1. The van der Waals surface area contributed by atoms with Crippen LogP contribution in [0.2, 0.25) is 5.02 Å². The van der Waals surface area contributed by atoms with Gasteiger partial charge in [0, 0.05) is 6.54 Å². The van der Waals surface area contributed by atoms with Gasteiger partial charge in [-0.15, -0.1) is 0 Å². The molecule has 1 atom stereocenters. The first-order chi connectivity index (χ1) is 15.8. The van der Waals surface area contributed by atoms with Crippen LogP contribution in [-0.2, 0) is 16.6 Å². The molecule has 0 bridgehead atoms. The minimum atomic E-state index is -3.89. The van der Waals surface area contributed by atoms with Crippen molar-refractivity contribution in [2.24, 2.45) is 0 Å². The number of para-hydroxylation sites is 1. The molecule has 33 heavy (non-hydrogen) atoms. The van der Waals surface area contributed by atoms with Gasteiger partial charge in [-0.1, -0.05) is 23.7 Å². The Bertz CT molecular complexity index is 1280. The van der Waals surface area contributed by atoms with Crippen molar-refractivity contribution in [2.75, 3.05) is 6.54 Å². The summed E-state index contributed by atoms with van der Waals surface area (Å²) in [4.78, 5) is 16.2. The molecule has 1 fully saturated rings. The molecule has 0 aliphatic carbocycles. The number of ether oxygens (including phenoxy) is 1. The SMILES string of the molecule is O=C(O)c1ccc(C2CCCN2S(=O)(=O)c2ccc(F)cc2)nc1COc1ccccc1Cl. The average molecular weight is 491 g/mol. The molecule has 3 aromatic rings. The largest absolute Gasteiger partial charge is 0.486 e. The molecule has 1 aliphatic rings. The van der Waals surface area contributed by atoms with E-state index in [4.69, 9.17) is 16.3 Å². The lowest BCUT2D eigenvalue weighted by Crippen LogP contribution is -2.31. The lowest BCUT2D eigenvalue weighted by Gasteiger charge is -2.24. The summed E-state index contributed by atoms with van der Waals surface area (Å²) in [5.74, 6) is -1.32. The van der Waals surface area contributed by atoms with Crippen LogP contribution in [-0.4, -0.2) is 35.3 Å². The van der Waals surface area contributed by atoms with Crippen molar-refractivity contribution in [2.45, 2.75) is 30.4 Å². The molecule has 0 saturated carbocycles. The molecule has 1 aliphatic heterocycles. The minimum absolute atomic E-state index is 0.0137. The third kappa shape index (κ3) is 4.85. The number of hydrogen-bond acceptors (Lipinski definition) is 5. The van der Waals surface area contributed by atoms with Crippen LogP contribution in [0.15, 0.2) is 65.6 Å². The maximum atomic E-state index is 13.3. The van der Waals surface area contributed by atoms with Crippen molar-refractivity contribution in [1.82, 2.24) is 9.29 Å². The molecule has 0 radical (unpaired) electrons. The molecule has 1 N–H and O–H groups in total. The van der Waals surface area contributed by atoms with Gasteiger partial charge in [0.05, 0.1) is 32.9 Å². The standard InChI is InChI=1S/C23H20ClFN2O5S/c24-18-4-1-2-6-22(18)32-14-20-17(23(28)29)11-12-19(26-20)21-5-3-13-27(21)33(30,31)16-9-7-15(25)8-10-16/h1-2,4,6-12,21H,3,5,13-14H2,(H,28,29). The number of benzene rings is 2. The van der Waals surface area contributed by atoms with Crippen LogP contribution in [0, 0.1) is 5.82 Å². The van der Waals surface area contributed by atoms with Crippen LogP contribution in [0.3, 0.4) is 0 Å². The fraction of sp³-hybridized carbons (Fsp3) is 0.217. The molecule has 1 saturated heterocycles. The first-order valence-corrected chi connectivity index (χ1v) is 12.0. The highest BCUT2D eigenvalue weighted by molar-refractivity contribution is 7.89. The van der Waals surface area contributed by atoms with Crippen LogP contribution < -0.4 is 4.74 Å². The molecular weight excluding hydrogens is 471 g/mol. The van der Waals surface area contributed by atoms with E-state index in [1.54, 1.807) is 24.3 Å². The normalized spacial score (nSPS) is 16.6. The van der Waals surface area contributed by atoms with Gasteiger partial charge in [0.2, 0.25) is 10.0 Å². The summed E-state index contributed by atoms with van der Waals surface area (Å²) < 4.78 is 46.6. The van der Waals surface area contributed by atoms with Crippen molar-refractivity contribution in [3.8, 4) is 5.75 Å². The van der Waals surface area contributed by atoms with E-state index in [0.29, 0.717) is 29.3 Å². The van der Waals surface area contributed by atoms with Gasteiger partial charge >= 0.3 is 5.97 Å².